The molecule has 0 aromatic heterocycles. The number of benzene rings is 2. The number of rotatable bonds is 5. The van der Waals surface area contributed by atoms with Crippen molar-refractivity contribution in [1.29, 1.82) is 0 Å². The van der Waals surface area contributed by atoms with Gasteiger partial charge in [0.05, 0.1) is 10.9 Å². The van der Waals surface area contributed by atoms with Crippen molar-refractivity contribution in [2.45, 2.75) is 44.2 Å². The van der Waals surface area contributed by atoms with Gasteiger partial charge in [0.15, 0.2) is 0 Å². The van der Waals surface area contributed by atoms with Crippen LogP contribution in [0.15, 0.2) is 66.1 Å². The van der Waals surface area contributed by atoms with Crippen molar-refractivity contribution >= 4 is 15.6 Å². The third kappa shape index (κ3) is 3.29. The maximum Gasteiger partial charge on any atom is 0.243 e. The van der Waals surface area contributed by atoms with E-state index in [4.69, 9.17) is 0 Å². The van der Waals surface area contributed by atoms with Crippen molar-refractivity contribution in [3.63, 3.8) is 0 Å². The molecule has 25 heavy (non-hydrogen) atoms. The quantitative estimate of drug-likeness (QED) is 0.792. The maximum atomic E-state index is 13.3. The SMILES string of the molecule is C=C(c1ccccc1)[C@@H]1C[C@H](C(C)C)N1S(=O)(=O)c1ccc(C)cc1. The van der Waals surface area contributed by atoms with Crippen LogP contribution in [0.4, 0.5) is 0 Å². The van der Waals surface area contributed by atoms with Gasteiger partial charge in [-0.15, -0.1) is 0 Å². The number of hydrogen-bond donors (Lipinski definition) is 0. The molecule has 2 atom stereocenters. The van der Waals surface area contributed by atoms with Crippen LogP contribution in [0.3, 0.4) is 0 Å². The number of aryl methyl sites for hydroxylation is 1. The topological polar surface area (TPSA) is 37.4 Å². The van der Waals surface area contributed by atoms with E-state index in [-0.39, 0.29) is 18.0 Å². The Kier molecular flexibility index (Phi) is 4.85. The lowest BCUT2D eigenvalue weighted by Gasteiger charge is -2.50. The summed E-state index contributed by atoms with van der Waals surface area (Å²) in [6, 6.07) is 16.8. The van der Waals surface area contributed by atoms with Gasteiger partial charge in [-0.1, -0.05) is 68.5 Å². The Morgan fingerprint density at radius 2 is 1.68 bits per heavy atom. The lowest BCUT2D eigenvalue weighted by molar-refractivity contribution is 0.110. The van der Waals surface area contributed by atoms with Gasteiger partial charge in [0.25, 0.3) is 0 Å². The van der Waals surface area contributed by atoms with E-state index in [9.17, 15) is 8.42 Å². The minimum Gasteiger partial charge on any atom is -0.207 e. The van der Waals surface area contributed by atoms with Gasteiger partial charge >= 0.3 is 0 Å². The van der Waals surface area contributed by atoms with Crippen LogP contribution in [0.25, 0.3) is 5.57 Å². The van der Waals surface area contributed by atoms with Crippen molar-refractivity contribution in [3.8, 4) is 0 Å². The fraction of sp³-hybridized carbons (Fsp3) is 0.333. The summed E-state index contributed by atoms with van der Waals surface area (Å²) in [4.78, 5) is 0.356. The lowest BCUT2D eigenvalue weighted by atomic mass is 9.82. The monoisotopic (exact) mass is 355 g/mol. The van der Waals surface area contributed by atoms with E-state index in [1.165, 1.54) is 0 Å². The van der Waals surface area contributed by atoms with Crippen LogP contribution in [0, 0.1) is 12.8 Å². The molecule has 1 aliphatic heterocycles. The zero-order chi connectivity index (χ0) is 18.2. The van der Waals surface area contributed by atoms with Crippen LogP contribution < -0.4 is 0 Å². The highest BCUT2D eigenvalue weighted by Gasteiger charge is 2.48. The summed E-state index contributed by atoms with van der Waals surface area (Å²) >= 11 is 0. The van der Waals surface area contributed by atoms with Crippen LogP contribution in [0.2, 0.25) is 0 Å². The second-order valence-electron chi connectivity index (χ2n) is 7.10. The molecule has 4 heteroatoms. The van der Waals surface area contributed by atoms with Crippen LogP contribution in [-0.4, -0.2) is 24.8 Å². The first-order chi connectivity index (χ1) is 11.8. The zero-order valence-electron chi connectivity index (χ0n) is 15.0. The Balaban J connectivity index is 1.96. The summed E-state index contributed by atoms with van der Waals surface area (Å²) in [7, 11) is -3.54. The Morgan fingerprint density at radius 1 is 1.08 bits per heavy atom. The lowest BCUT2D eigenvalue weighted by Crippen LogP contribution is -2.60. The molecule has 2 aromatic rings. The first-order valence-corrected chi connectivity index (χ1v) is 10.1. The number of hydrogen-bond acceptors (Lipinski definition) is 2. The van der Waals surface area contributed by atoms with Crippen LogP contribution >= 0.6 is 0 Å². The van der Waals surface area contributed by atoms with E-state index in [0.717, 1.165) is 23.1 Å². The van der Waals surface area contributed by atoms with E-state index in [1.807, 2.05) is 49.4 Å². The normalized spacial score (nSPS) is 21.1. The Morgan fingerprint density at radius 3 is 2.24 bits per heavy atom. The summed E-state index contributed by atoms with van der Waals surface area (Å²) in [5.74, 6) is 0.264. The van der Waals surface area contributed by atoms with Crippen molar-refractivity contribution in [2.75, 3.05) is 0 Å². The van der Waals surface area contributed by atoms with E-state index >= 15 is 0 Å². The summed E-state index contributed by atoms with van der Waals surface area (Å²) in [5.41, 5.74) is 2.92. The molecule has 0 amide bonds. The van der Waals surface area contributed by atoms with Gasteiger partial charge in [0.1, 0.15) is 0 Å². The second-order valence-corrected chi connectivity index (χ2v) is 8.95. The van der Waals surface area contributed by atoms with E-state index in [2.05, 4.69) is 20.4 Å². The molecule has 0 saturated carbocycles. The number of sulfonamides is 1. The fourth-order valence-corrected chi connectivity index (χ4v) is 5.37. The molecule has 1 heterocycles. The molecule has 1 fully saturated rings. The van der Waals surface area contributed by atoms with Gasteiger partial charge in [-0.25, -0.2) is 8.42 Å². The van der Waals surface area contributed by atoms with Gasteiger partial charge in [0.2, 0.25) is 10.0 Å². The summed E-state index contributed by atoms with van der Waals surface area (Å²) in [6.45, 7) is 10.3. The molecule has 132 valence electrons. The van der Waals surface area contributed by atoms with Crippen LogP contribution in [-0.2, 0) is 10.0 Å². The first kappa shape index (κ1) is 17.9. The highest BCUT2D eigenvalue weighted by molar-refractivity contribution is 7.89. The fourth-order valence-electron chi connectivity index (χ4n) is 3.41. The van der Waals surface area contributed by atoms with Gasteiger partial charge < -0.3 is 0 Å². The minimum atomic E-state index is -3.54. The highest BCUT2D eigenvalue weighted by Crippen LogP contribution is 2.42. The van der Waals surface area contributed by atoms with Crippen LogP contribution in [0.5, 0.6) is 0 Å². The Bertz CT molecular complexity index is 855. The van der Waals surface area contributed by atoms with E-state index in [0.29, 0.717) is 4.90 Å². The highest BCUT2D eigenvalue weighted by atomic mass is 32.2. The van der Waals surface area contributed by atoms with Gasteiger partial charge in [-0.2, -0.15) is 4.31 Å². The Labute approximate surface area is 151 Å². The van der Waals surface area contributed by atoms with Gasteiger partial charge in [-0.05, 0) is 42.5 Å². The molecule has 2 aromatic carbocycles. The maximum absolute atomic E-state index is 13.3. The zero-order valence-corrected chi connectivity index (χ0v) is 15.8. The molecule has 3 rings (SSSR count). The molecule has 0 radical (unpaired) electrons. The predicted octanol–water partition coefficient (Wildman–Crippen LogP) is 4.50. The Hall–Kier alpha value is -1.91. The second kappa shape index (κ2) is 6.77. The molecule has 0 spiro atoms. The van der Waals surface area contributed by atoms with Gasteiger partial charge in [-0.3, -0.25) is 0 Å². The molecule has 1 aliphatic rings. The standard InChI is InChI=1S/C21H25NO2S/c1-15(2)20-14-21(17(4)18-8-6-5-7-9-18)22(20)25(23,24)19-12-10-16(3)11-13-19/h5-13,15,20-21H,4,14H2,1-3H3/t20-,21+/m1/s1. The van der Waals surface area contributed by atoms with Gasteiger partial charge in [0, 0.05) is 6.04 Å². The van der Waals surface area contributed by atoms with E-state index < -0.39 is 10.0 Å². The van der Waals surface area contributed by atoms with Crippen LogP contribution in [0.1, 0.15) is 31.4 Å². The molecule has 3 nitrogen and oxygen atoms in total. The smallest absolute Gasteiger partial charge is 0.207 e. The third-order valence-electron chi connectivity index (χ3n) is 5.01. The predicted molar refractivity (Wildman–Crippen MR) is 103 cm³/mol. The third-order valence-corrected chi connectivity index (χ3v) is 6.96. The first-order valence-electron chi connectivity index (χ1n) is 8.67. The molecule has 1 saturated heterocycles. The van der Waals surface area contributed by atoms with Crippen molar-refractivity contribution in [3.05, 3.63) is 72.3 Å². The van der Waals surface area contributed by atoms with Crippen molar-refractivity contribution in [1.82, 2.24) is 4.31 Å². The molecule has 0 aliphatic carbocycles. The molecule has 0 unspecified atom stereocenters. The van der Waals surface area contributed by atoms with E-state index in [1.54, 1.807) is 16.4 Å². The molecular weight excluding hydrogens is 330 g/mol. The number of nitrogens with zero attached hydrogens (tertiary/aromatic N) is 1. The molecule has 0 bridgehead atoms. The molecule has 0 N–H and O–H groups in total. The minimum absolute atomic E-state index is 0.0109. The molecular formula is C21H25NO2S. The van der Waals surface area contributed by atoms with Crippen molar-refractivity contribution in [2.24, 2.45) is 5.92 Å². The van der Waals surface area contributed by atoms with Crippen molar-refractivity contribution < 1.29 is 8.42 Å². The largest absolute Gasteiger partial charge is 0.243 e. The summed E-state index contributed by atoms with van der Waals surface area (Å²) in [5, 5.41) is 0. The average molecular weight is 356 g/mol. The average Bonchev–Trinajstić information content (AvgIpc) is 2.54. The summed E-state index contributed by atoms with van der Waals surface area (Å²) in [6.07, 6.45) is 0.816. The summed E-state index contributed by atoms with van der Waals surface area (Å²) < 4.78 is 28.2.